The molecular weight excluding hydrogens is 332 g/mol. The number of rotatable bonds is 2. The van der Waals surface area contributed by atoms with E-state index in [9.17, 15) is 16.8 Å². The highest BCUT2D eigenvalue weighted by molar-refractivity contribution is 7.88. The summed E-state index contributed by atoms with van der Waals surface area (Å²) < 4.78 is 63.3. The second-order valence-electron chi connectivity index (χ2n) is 4.47. The molecule has 0 atom stereocenters. The molecule has 0 amide bonds. The van der Waals surface area contributed by atoms with Gasteiger partial charge in [-0.1, -0.05) is 24.3 Å². The van der Waals surface area contributed by atoms with E-state index in [0.29, 0.717) is 0 Å². The lowest BCUT2D eigenvalue weighted by atomic mass is 10.1. The van der Waals surface area contributed by atoms with E-state index in [1.165, 1.54) is 12.1 Å². The molecule has 0 spiro atoms. The molecule has 8 nitrogen and oxygen atoms in total. The van der Waals surface area contributed by atoms with Crippen molar-refractivity contribution in [3.63, 3.8) is 0 Å². The predicted octanol–water partition coefficient (Wildman–Crippen LogP) is 1.28. The largest absolute Gasteiger partial charge is 0.315 e. The van der Waals surface area contributed by atoms with Crippen molar-refractivity contribution in [2.24, 2.45) is 0 Å². The molecule has 22 heavy (non-hydrogen) atoms. The number of fused-ring (bicyclic) bond motifs is 2. The number of benzene rings is 2. The zero-order valence-corrected chi connectivity index (χ0v) is 12.3. The van der Waals surface area contributed by atoms with Gasteiger partial charge in [0.15, 0.2) is 0 Å². The minimum atomic E-state index is -4.97. The van der Waals surface area contributed by atoms with E-state index in [-0.39, 0.29) is 11.0 Å². The minimum Gasteiger partial charge on any atom is -0.281 e. The molecule has 3 rings (SSSR count). The van der Waals surface area contributed by atoms with E-state index in [2.05, 4.69) is 9.97 Å². The van der Waals surface area contributed by atoms with E-state index in [0.717, 1.165) is 10.8 Å². The van der Waals surface area contributed by atoms with Crippen molar-refractivity contribution in [2.75, 3.05) is 0 Å². The molecule has 2 aromatic carbocycles. The number of nitrogens with zero attached hydrogens (tertiary/aromatic N) is 2. The summed E-state index contributed by atoms with van der Waals surface area (Å²) in [5.74, 6) is 0. The zero-order chi connectivity index (χ0) is 16.1. The second-order valence-corrected chi connectivity index (χ2v) is 7.15. The summed E-state index contributed by atoms with van der Waals surface area (Å²) in [6, 6.07) is 10.0. The molecule has 0 aliphatic heterocycles. The Labute approximate surface area is 124 Å². The standard InChI is InChI=1S/C12H8N2O6S2/c15-21(16,17)11-12(22(18,19)20)14-10-6-8-4-2-1-3-7(8)5-9(10)13-11/h1-6H,(H,15,16,17)(H,18,19,20). The van der Waals surface area contributed by atoms with Gasteiger partial charge in [0.25, 0.3) is 0 Å². The molecular formula is C12H8N2O6S2. The summed E-state index contributed by atoms with van der Waals surface area (Å²) in [7, 11) is -9.95. The Hall–Kier alpha value is -2.14. The Morgan fingerprint density at radius 1 is 0.727 bits per heavy atom. The van der Waals surface area contributed by atoms with Crippen LogP contribution in [0, 0.1) is 0 Å². The van der Waals surface area contributed by atoms with Crippen LogP contribution in [0.1, 0.15) is 0 Å². The van der Waals surface area contributed by atoms with Crippen LogP contribution in [0.15, 0.2) is 46.5 Å². The second kappa shape index (κ2) is 4.68. The van der Waals surface area contributed by atoms with E-state index in [1.54, 1.807) is 24.3 Å². The molecule has 0 saturated carbocycles. The van der Waals surface area contributed by atoms with Crippen LogP contribution in [0.25, 0.3) is 21.8 Å². The molecule has 0 bridgehead atoms. The summed E-state index contributed by atoms with van der Waals surface area (Å²) in [5.41, 5.74) is 0.137. The van der Waals surface area contributed by atoms with Crippen LogP contribution in [0.3, 0.4) is 0 Å². The van der Waals surface area contributed by atoms with Gasteiger partial charge in [0.1, 0.15) is 0 Å². The van der Waals surface area contributed by atoms with Crippen LogP contribution in [0.4, 0.5) is 0 Å². The third kappa shape index (κ3) is 2.52. The minimum absolute atomic E-state index is 0.0683. The van der Waals surface area contributed by atoms with Gasteiger partial charge in [0, 0.05) is 0 Å². The maximum absolute atomic E-state index is 11.3. The molecule has 10 heteroatoms. The molecule has 2 N–H and O–H groups in total. The first-order chi connectivity index (χ1) is 10.2. The summed E-state index contributed by atoms with van der Waals surface area (Å²) in [6.45, 7) is 0. The smallest absolute Gasteiger partial charge is 0.281 e. The quantitative estimate of drug-likeness (QED) is 0.526. The fraction of sp³-hybridized carbons (Fsp3) is 0. The normalized spacial score (nSPS) is 12.8. The van der Waals surface area contributed by atoms with Crippen molar-refractivity contribution >= 4 is 42.0 Å². The highest BCUT2D eigenvalue weighted by atomic mass is 32.2. The average molecular weight is 340 g/mol. The molecule has 0 unspecified atom stereocenters. The summed E-state index contributed by atoms with van der Waals surface area (Å²) in [6.07, 6.45) is 0. The van der Waals surface area contributed by atoms with Crippen LogP contribution in [-0.4, -0.2) is 35.9 Å². The lowest BCUT2D eigenvalue weighted by Gasteiger charge is -2.06. The van der Waals surface area contributed by atoms with Crippen molar-refractivity contribution in [3.05, 3.63) is 36.4 Å². The number of hydrogen-bond acceptors (Lipinski definition) is 6. The Balaban J connectivity index is 2.51. The van der Waals surface area contributed by atoms with Crippen molar-refractivity contribution in [2.45, 2.75) is 10.1 Å². The van der Waals surface area contributed by atoms with E-state index < -0.39 is 30.3 Å². The molecule has 0 saturated heterocycles. The monoisotopic (exact) mass is 340 g/mol. The van der Waals surface area contributed by atoms with Crippen molar-refractivity contribution in [3.8, 4) is 0 Å². The van der Waals surface area contributed by atoms with E-state index in [4.69, 9.17) is 9.11 Å². The van der Waals surface area contributed by atoms with Gasteiger partial charge >= 0.3 is 20.2 Å². The van der Waals surface area contributed by atoms with Crippen LogP contribution >= 0.6 is 0 Å². The first-order valence-corrected chi connectivity index (χ1v) is 8.70. The average Bonchev–Trinajstić information content (AvgIpc) is 2.41. The van der Waals surface area contributed by atoms with E-state index in [1.807, 2.05) is 0 Å². The molecule has 1 aromatic heterocycles. The molecule has 114 valence electrons. The Morgan fingerprint density at radius 2 is 1.09 bits per heavy atom. The fourth-order valence-electron chi connectivity index (χ4n) is 2.05. The van der Waals surface area contributed by atoms with Gasteiger partial charge in [-0.3, -0.25) is 9.11 Å². The number of aromatic nitrogens is 2. The van der Waals surface area contributed by atoms with Crippen LogP contribution in [-0.2, 0) is 20.2 Å². The highest BCUT2D eigenvalue weighted by Crippen LogP contribution is 2.24. The molecule has 0 aliphatic rings. The fourth-order valence-corrected chi connectivity index (χ4v) is 3.64. The third-order valence-corrected chi connectivity index (χ3v) is 4.63. The maximum Gasteiger partial charge on any atom is 0.315 e. The van der Waals surface area contributed by atoms with Gasteiger partial charge in [0.05, 0.1) is 11.0 Å². The Kier molecular flexibility index (Phi) is 3.14. The summed E-state index contributed by atoms with van der Waals surface area (Å²) in [4.78, 5) is 7.25. The van der Waals surface area contributed by atoms with Crippen LogP contribution < -0.4 is 0 Å². The molecule has 0 fully saturated rings. The lowest BCUT2D eigenvalue weighted by Crippen LogP contribution is -2.13. The lowest BCUT2D eigenvalue weighted by molar-refractivity contribution is 0.458. The molecule has 0 radical (unpaired) electrons. The summed E-state index contributed by atoms with van der Waals surface area (Å²) in [5, 5.41) is -0.967. The number of hydrogen-bond donors (Lipinski definition) is 2. The molecule has 0 aliphatic carbocycles. The predicted molar refractivity (Wildman–Crippen MR) is 76.7 cm³/mol. The van der Waals surface area contributed by atoms with Gasteiger partial charge in [-0.2, -0.15) is 16.8 Å². The van der Waals surface area contributed by atoms with E-state index >= 15 is 0 Å². The first kappa shape index (κ1) is 14.8. The maximum atomic E-state index is 11.3. The van der Waals surface area contributed by atoms with Crippen LogP contribution in [0.2, 0.25) is 0 Å². The Morgan fingerprint density at radius 3 is 1.41 bits per heavy atom. The van der Waals surface area contributed by atoms with Gasteiger partial charge in [0.2, 0.25) is 10.1 Å². The van der Waals surface area contributed by atoms with Gasteiger partial charge in [-0.05, 0) is 22.9 Å². The van der Waals surface area contributed by atoms with Crippen molar-refractivity contribution < 1.29 is 25.9 Å². The molecule has 1 heterocycles. The molecule has 3 aromatic rings. The SMILES string of the molecule is O=S(=O)(O)c1nc2cc3ccccc3cc2nc1S(=O)(=O)O. The van der Waals surface area contributed by atoms with Crippen molar-refractivity contribution in [1.82, 2.24) is 9.97 Å². The van der Waals surface area contributed by atoms with Crippen molar-refractivity contribution in [1.29, 1.82) is 0 Å². The topological polar surface area (TPSA) is 135 Å². The van der Waals surface area contributed by atoms with Gasteiger partial charge in [-0.25, -0.2) is 9.97 Å². The highest BCUT2D eigenvalue weighted by Gasteiger charge is 2.28. The third-order valence-electron chi connectivity index (χ3n) is 2.96. The van der Waals surface area contributed by atoms with Gasteiger partial charge in [-0.15, -0.1) is 0 Å². The first-order valence-electron chi connectivity index (χ1n) is 5.82. The van der Waals surface area contributed by atoms with Crippen LogP contribution in [0.5, 0.6) is 0 Å². The summed E-state index contributed by atoms with van der Waals surface area (Å²) >= 11 is 0. The zero-order valence-electron chi connectivity index (χ0n) is 10.7. The Bertz CT molecular complexity index is 1030. The van der Waals surface area contributed by atoms with Gasteiger partial charge < -0.3 is 0 Å².